The molecule has 0 aliphatic heterocycles. The molecule has 14 heavy (non-hydrogen) atoms. The topological polar surface area (TPSA) is 41.1 Å². The largest absolute Gasteiger partial charge is 0.359 e. The van der Waals surface area contributed by atoms with Gasteiger partial charge in [-0.2, -0.15) is 0 Å². The zero-order chi connectivity index (χ0) is 11.0. The highest BCUT2D eigenvalue weighted by Crippen LogP contribution is 2.12. The number of carbonyl (C=O) groups excluding carboxylic acids is 1. The maximum absolute atomic E-state index is 11.4. The van der Waals surface area contributed by atoms with E-state index in [1.54, 1.807) is 7.05 Å². The Hall–Kier alpha value is -0.570. The molecule has 0 radical (unpaired) electrons. The molecular weight excluding hydrogens is 176 g/mol. The highest BCUT2D eigenvalue weighted by molar-refractivity contribution is 5.81. The van der Waals surface area contributed by atoms with E-state index in [0.717, 1.165) is 13.1 Å². The maximum Gasteiger partial charge on any atom is 0.226 e. The molecule has 2 N–H and O–H groups in total. The molecular formula is C11H24N2O. The molecule has 0 spiro atoms. The highest BCUT2D eigenvalue weighted by atomic mass is 16.2. The van der Waals surface area contributed by atoms with Gasteiger partial charge in [0.2, 0.25) is 5.91 Å². The summed E-state index contributed by atoms with van der Waals surface area (Å²) in [7, 11) is 1.68. The van der Waals surface area contributed by atoms with Crippen molar-refractivity contribution in [3.8, 4) is 0 Å². The summed E-state index contributed by atoms with van der Waals surface area (Å²) in [6.45, 7) is 7.86. The van der Waals surface area contributed by atoms with Crippen LogP contribution in [0.5, 0.6) is 0 Å². The van der Waals surface area contributed by atoms with Crippen molar-refractivity contribution < 1.29 is 4.79 Å². The normalized spacial score (nSPS) is 11.4. The van der Waals surface area contributed by atoms with Gasteiger partial charge in [0.05, 0.1) is 5.41 Å². The standard InChI is InChI=1S/C11H24N2O/c1-5-6-7-8-13-9-11(2,3)10(14)12-4/h13H,5-9H2,1-4H3,(H,12,14). The van der Waals surface area contributed by atoms with Gasteiger partial charge >= 0.3 is 0 Å². The zero-order valence-corrected chi connectivity index (χ0v) is 9.94. The third-order valence-corrected chi connectivity index (χ3v) is 2.37. The lowest BCUT2D eigenvalue weighted by molar-refractivity contribution is -0.128. The molecule has 1 amide bonds. The van der Waals surface area contributed by atoms with Gasteiger partial charge in [0, 0.05) is 13.6 Å². The van der Waals surface area contributed by atoms with Gasteiger partial charge in [0.1, 0.15) is 0 Å². The van der Waals surface area contributed by atoms with Crippen LogP contribution in [0, 0.1) is 5.41 Å². The third kappa shape index (κ3) is 5.22. The number of hydrogen-bond acceptors (Lipinski definition) is 2. The lowest BCUT2D eigenvalue weighted by Gasteiger charge is -2.22. The van der Waals surface area contributed by atoms with Crippen LogP contribution in [-0.2, 0) is 4.79 Å². The first-order chi connectivity index (χ1) is 6.54. The second kappa shape index (κ2) is 6.82. The SMILES string of the molecule is CCCCCNCC(C)(C)C(=O)NC. The van der Waals surface area contributed by atoms with Crippen molar-refractivity contribution in [1.82, 2.24) is 10.6 Å². The Morgan fingerprint density at radius 1 is 1.29 bits per heavy atom. The smallest absolute Gasteiger partial charge is 0.226 e. The molecule has 0 bridgehead atoms. The molecule has 0 aliphatic rings. The van der Waals surface area contributed by atoms with Crippen molar-refractivity contribution in [1.29, 1.82) is 0 Å². The predicted molar refractivity (Wildman–Crippen MR) is 60.2 cm³/mol. The van der Waals surface area contributed by atoms with Crippen LogP contribution in [0.4, 0.5) is 0 Å². The van der Waals surface area contributed by atoms with E-state index >= 15 is 0 Å². The second-order valence-electron chi connectivity index (χ2n) is 4.35. The summed E-state index contributed by atoms with van der Waals surface area (Å²) in [5, 5.41) is 5.99. The van der Waals surface area contributed by atoms with Crippen molar-refractivity contribution >= 4 is 5.91 Å². The minimum atomic E-state index is -0.305. The maximum atomic E-state index is 11.4. The lowest BCUT2D eigenvalue weighted by Crippen LogP contribution is -2.42. The first kappa shape index (κ1) is 13.4. The first-order valence-electron chi connectivity index (χ1n) is 5.47. The number of hydrogen-bond donors (Lipinski definition) is 2. The average molecular weight is 200 g/mol. The minimum absolute atomic E-state index is 0.0977. The number of nitrogens with one attached hydrogen (secondary N) is 2. The Morgan fingerprint density at radius 3 is 2.43 bits per heavy atom. The van der Waals surface area contributed by atoms with E-state index in [4.69, 9.17) is 0 Å². The predicted octanol–water partition coefficient (Wildman–Crippen LogP) is 1.54. The molecule has 0 saturated heterocycles. The monoisotopic (exact) mass is 200 g/mol. The van der Waals surface area contributed by atoms with Crippen molar-refractivity contribution in [3.05, 3.63) is 0 Å². The summed E-state index contributed by atoms with van der Waals surface area (Å²) in [6, 6.07) is 0. The fraction of sp³-hybridized carbons (Fsp3) is 0.909. The highest BCUT2D eigenvalue weighted by Gasteiger charge is 2.25. The van der Waals surface area contributed by atoms with Crippen LogP contribution in [0.25, 0.3) is 0 Å². The van der Waals surface area contributed by atoms with E-state index < -0.39 is 0 Å². The van der Waals surface area contributed by atoms with Gasteiger partial charge < -0.3 is 10.6 Å². The summed E-state index contributed by atoms with van der Waals surface area (Å²) < 4.78 is 0. The van der Waals surface area contributed by atoms with E-state index in [1.807, 2.05) is 13.8 Å². The second-order valence-corrected chi connectivity index (χ2v) is 4.35. The molecule has 0 aromatic heterocycles. The molecule has 0 unspecified atom stereocenters. The van der Waals surface area contributed by atoms with Crippen LogP contribution < -0.4 is 10.6 Å². The molecule has 84 valence electrons. The lowest BCUT2D eigenvalue weighted by atomic mass is 9.92. The molecule has 0 aromatic rings. The zero-order valence-electron chi connectivity index (χ0n) is 9.94. The molecule has 0 aliphatic carbocycles. The van der Waals surface area contributed by atoms with Gasteiger partial charge in [-0.05, 0) is 26.8 Å². The molecule has 3 nitrogen and oxygen atoms in total. The number of unbranched alkanes of at least 4 members (excludes halogenated alkanes) is 2. The van der Waals surface area contributed by atoms with Crippen molar-refractivity contribution in [2.75, 3.05) is 20.1 Å². The van der Waals surface area contributed by atoms with Gasteiger partial charge in [-0.3, -0.25) is 4.79 Å². The fourth-order valence-corrected chi connectivity index (χ4v) is 1.32. The van der Waals surface area contributed by atoms with Crippen LogP contribution >= 0.6 is 0 Å². The fourth-order valence-electron chi connectivity index (χ4n) is 1.32. The van der Waals surface area contributed by atoms with Gasteiger partial charge in [-0.1, -0.05) is 19.8 Å². The van der Waals surface area contributed by atoms with Crippen LogP contribution in [0.2, 0.25) is 0 Å². The quantitative estimate of drug-likeness (QED) is 0.612. The van der Waals surface area contributed by atoms with E-state index in [1.165, 1.54) is 19.3 Å². The first-order valence-corrected chi connectivity index (χ1v) is 5.47. The Labute approximate surface area is 87.6 Å². The van der Waals surface area contributed by atoms with Crippen LogP contribution in [-0.4, -0.2) is 26.0 Å². The Morgan fingerprint density at radius 2 is 1.93 bits per heavy atom. The van der Waals surface area contributed by atoms with Crippen molar-refractivity contribution in [2.24, 2.45) is 5.41 Å². The Balaban J connectivity index is 3.60. The number of carbonyl (C=O) groups is 1. The van der Waals surface area contributed by atoms with Crippen LogP contribution in [0.3, 0.4) is 0 Å². The molecule has 0 saturated carbocycles. The van der Waals surface area contributed by atoms with E-state index in [-0.39, 0.29) is 11.3 Å². The molecule has 0 fully saturated rings. The number of amides is 1. The van der Waals surface area contributed by atoms with Gasteiger partial charge in [0.25, 0.3) is 0 Å². The molecule has 3 heteroatoms. The molecule has 0 atom stereocenters. The number of rotatable bonds is 7. The summed E-state index contributed by atoms with van der Waals surface area (Å²) in [4.78, 5) is 11.4. The minimum Gasteiger partial charge on any atom is -0.359 e. The molecule has 0 heterocycles. The third-order valence-electron chi connectivity index (χ3n) is 2.37. The van der Waals surface area contributed by atoms with Crippen molar-refractivity contribution in [2.45, 2.75) is 40.0 Å². The summed E-state index contributed by atoms with van der Waals surface area (Å²) in [6.07, 6.45) is 3.69. The van der Waals surface area contributed by atoms with Gasteiger partial charge in [-0.15, -0.1) is 0 Å². The van der Waals surface area contributed by atoms with Gasteiger partial charge in [0.15, 0.2) is 0 Å². The van der Waals surface area contributed by atoms with Gasteiger partial charge in [-0.25, -0.2) is 0 Å². The van der Waals surface area contributed by atoms with Crippen LogP contribution in [0.1, 0.15) is 40.0 Å². The van der Waals surface area contributed by atoms with E-state index in [2.05, 4.69) is 17.6 Å². The average Bonchev–Trinajstić information content (AvgIpc) is 2.16. The summed E-state index contributed by atoms with van der Waals surface area (Å²) in [5.41, 5.74) is -0.305. The molecule has 0 rings (SSSR count). The van der Waals surface area contributed by atoms with E-state index in [9.17, 15) is 4.79 Å². The Bertz CT molecular complexity index is 167. The van der Waals surface area contributed by atoms with Crippen molar-refractivity contribution in [3.63, 3.8) is 0 Å². The summed E-state index contributed by atoms with van der Waals surface area (Å²) >= 11 is 0. The Kier molecular flexibility index (Phi) is 6.54. The van der Waals surface area contributed by atoms with E-state index in [0.29, 0.717) is 0 Å². The molecule has 0 aromatic carbocycles. The van der Waals surface area contributed by atoms with Crippen LogP contribution in [0.15, 0.2) is 0 Å². The summed E-state index contributed by atoms with van der Waals surface area (Å²) in [5.74, 6) is 0.0977.